The van der Waals surface area contributed by atoms with E-state index in [0.717, 1.165) is 43.1 Å². The Hall–Kier alpha value is -1.95. The van der Waals surface area contributed by atoms with Crippen molar-refractivity contribution in [2.24, 2.45) is 5.92 Å². The molecule has 4 heterocycles. The molecule has 0 aliphatic carbocycles. The number of rotatable bonds is 5. The predicted molar refractivity (Wildman–Crippen MR) is 94.1 cm³/mol. The van der Waals surface area contributed by atoms with Crippen LogP contribution in [-0.2, 0) is 19.4 Å². The fourth-order valence-electron chi connectivity index (χ4n) is 3.28. The monoisotopic (exact) mass is 327 g/mol. The Morgan fingerprint density at radius 1 is 1.17 bits per heavy atom. The summed E-state index contributed by atoms with van der Waals surface area (Å²) in [6, 6.07) is 2.26. The van der Waals surface area contributed by atoms with E-state index in [4.69, 9.17) is 0 Å². The van der Waals surface area contributed by atoms with Gasteiger partial charge in [0.15, 0.2) is 0 Å². The normalized spacial score (nSPS) is 15.3. The Morgan fingerprint density at radius 2 is 2.04 bits per heavy atom. The molecule has 23 heavy (non-hydrogen) atoms. The standard InChI is InChI=1S/C17H21N5S/c1-3-13-7-14-16(19-11-20-17(14)23-13)22-9-12(10-22)8-21-6-5-18-15(21)4-2/h5-7,11-12H,3-4,8-10H2,1-2H3. The van der Waals surface area contributed by atoms with Crippen molar-refractivity contribution in [3.05, 3.63) is 35.5 Å². The van der Waals surface area contributed by atoms with E-state index in [-0.39, 0.29) is 0 Å². The van der Waals surface area contributed by atoms with Crippen molar-refractivity contribution in [2.45, 2.75) is 33.2 Å². The zero-order chi connectivity index (χ0) is 15.8. The lowest BCUT2D eigenvalue weighted by atomic mass is 9.99. The van der Waals surface area contributed by atoms with Gasteiger partial charge in [0.05, 0.1) is 5.39 Å². The van der Waals surface area contributed by atoms with Gasteiger partial charge in [-0.2, -0.15) is 0 Å². The number of thiophene rings is 1. The summed E-state index contributed by atoms with van der Waals surface area (Å²) in [5.41, 5.74) is 0. The van der Waals surface area contributed by atoms with Gasteiger partial charge in [0.2, 0.25) is 0 Å². The van der Waals surface area contributed by atoms with Gasteiger partial charge in [-0.05, 0) is 12.5 Å². The largest absolute Gasteiger partial charge is 0.355 e. The van der Waals surface area contributed by atoms with Crippen molar-refractivity contribution >= 4 is 27.4 Å². The average molecular weight is 327 g/mol. The molecule has 0 saturated carbocycles. The van der Waals surface area contributed by atoms with Crippen molar-refractivity contribution in [2.75, 3.05) is 18.0 Å². The fourth-order valence-corrected chi connectivity index (χ4v) is 4.21. The predicted octanol–water partition coefficient (Wildman–Crippen LogP) is 3.15. The van der Waals surface area contributed by atoms with Crippen LogP contribution in [0.2, 0.25) is 0 Å². The molecular weight excluding hydrogens is 306 g/mol. The van der Waals surface area contributed by atoms with Crippen LogP contribution in [0.25, 0.3) is 10.2 Å². The van der Waals surface area contributed by atoms with Crippen molar-refractivity contribution in [3.63, 3.8) is 0 Å². The highest BCUT2D eigenvalue weighted by Gasteiger charge is 2.29. The Kier molecular flexibility index (Phi) is 3.77. The highest BCUT2D eigenvalue weighted by atomic mass is 32.1. The van der Waals surface area contributed by atoms with Crippen LogP contribution in [0.3, 0.4) is 0 Å². The van der Waals surface area contributed by atoms with Gasteiger partial charge in [0, 0.05) is 49.2 Å². The molecule has 0 radical (unpaired) electrons. The third-order valence-corrected chi connectivity index (χ3v) is 5.72. The van der Waals surface area contributed by atoms with Gasteiger partial charge in [0.1, 0.15) is 22.8 Å². The maximum absolute atomic E-state index is 4.54. The van der Waals surface area contributed by atoms with E-state index in [1.165, 1.54) is 16.1 Å². The number of fused-ring (bicyclic) bond motifs is 1. The minimum Gasteiger partial charge on any atom is -0.355 e. The second kappa shape index (κ2) is 5.92. The summed E-state index contributed by atoms with van der Waals surface area (Å²) in [4.78, 5) is 18.2. The Bertz CT molecular complexity index is 815. The number of hydrogen-bond acceptors (Lipinski definition) is 5. The van der Waals surface area contributed by atoms with Crippen LogP contribution in [0.4, 0.5) is 5.82 Å². The van der Waals surface area contributed by atoms with E-state index in [2.05, 4.69) is 50.5 Å². The number of anilines is 1. The quantitative estimate of drug-likeness (QED) is 0.722. The topological polar surface area (TPSA) is 46.8 Å². The smallest absolute Gasteiger partial charge is 0.140 e. The van der Waals surface area contributed by atoms with Crippen molar-refractivity contribution in [1.82, 2.24) is 19.5 Å². The van der Waals surface area contributed by atoms with Gasteiger partial charge in [-0.1, -0.05) is 13.8 Å². The number of aryl methyl sites for hydroxylation is 2. The first kappa shape index (κ1) is 14.6. The summed E-state index contributed by atoms with van der Waals surface area (Å²) < 4.78 is 2.29. The molecule has 120 valence electrons. The zero-order valence-corrected chi connectivity index (χ0v) is 14.4. The fraction of sp³-hybridized carbons (Fsp3) is 0.471. The molecule has 1 fully saturated rings. The van der Waals surface area contributed by atoms with Gasteiger partial charge < -0.3 is 9.47 Å². The van der Waals surface area contributed by atoms with E-state index < -0.39 is 0 Å². The molecule has 1 saturated heterocycles. The van der Waals surface area contributed by atoms with Gasteiger partial charge >= 0.3 is 0 Å². The van der Waals surface area contributed by atoms with Crippen LogP contribution < -0.4 is 4.90 Å². The number of nitrogens with zero attached hydrogens (tertiary/aromatic N) is 5. The number of imidazole rings is 1. The van der Waals surface area contributed by atoms with Crippen molar-refractivity contribution in [1.29, 1.82) is 0 Å². The lowest BCUT2D eigenvalue weighted by Gasteiger charge is -2.40. The first-order valence-corrected chi connectivity index (χ1v) is 9.08. The lowest BCUT2D eigenvalue weighted by molar-refractivity contribution is 0.351. The van der Waals surface area contributed by atoms with Crippen LogP contribution in [-0.4, -0.2) is 32.6 Å². The van der Waals surface area contributed by atoms with Crippen molar-refractivity contribution < 1.29 is 0 Å². The summed E-state index contributed by atoms with van der Waals surface area (Å²) in [5.74, 6) is 2.95. The van der Waals surface area contributed by atoms with E-state index in [9.17, 15) is 0 Å². The summed E-state index contributed by atoms with van der Waals surface area (Å²) >= 11 is 1.78. The minimum atomic E-state index is 0.670. The van der Waals surface area contributed by atoms with E-state index in [0.29, 0.717) is 5.92 Å². The molecular formula is C17H21N5S. The molecule has 0 spiro atoms. The molecule has 6 heteroatoms. The molecule has 4 rings (SSSR count). The maximum atomic E-state index is 4.54. The molecule has 0 N–H and O–H groups in total. The van der Waals surface area contributed by atoms with Gasteiger partial charge in [0.25, 0.3) is 0 Å². The Balaban J connectivity index is 1.48. The van der Waals surface area contributed by atoms with Crippen LogP contribution in [0.5, 0.6) is 0 Å². The Labute approximate surface area is 140 Å². The minimum absolute atomic E-state index is 0.670. The number of aromatic nitrogens is 4. The highest BCUT2D eigenvalue weighted by molar-refractivity contribution is 7.18. The summed E-state index contributed by atoms with van der Waals surface area (Å²) in [6.07, 6.45) is 7.75. The van der Waals surface area contributed by atoms with Crippen LogP contribution in [0, 0.1) is 5.92 Å². The Morgan fingerprint density at radius 3 is 2.83 bits per heavy atom. The van der Waals surface area contributed by atoms with Gasteiger partial charge in [-0.25, -0.2) is 15.0 Å². The summed E-state index contributed by atoms with van der Waals surface area (Å²) in [7, 11) is 0. The van der Waals surface area contributed by atoms with E-state index >= 15 is 0 Å². The third kappa shape index (κ3) is 2.61. The van der Waals surface area contributed by atoms with E-state index in [1.807, 2.05) is 6.20 Å². The maximum Gasteiger partial charge on any atom is 0.140 e. The SMILES string of the molecule is CCc1cc2c(N3CC(Cn4ccnc4CC)C3)ncnc2s1. The molecule has 1 aliphatic heterocycles. The number of hydrogen-bond donors (Lipinski definition) is 0. The second-order valence-corrected chi connectivity index (χ2v) is 7.22. The summed E-state index contributed by atoms with van der Waals surface area (Å²) in [6.45, 7) is 7.52. The molecule has 0 amide bonds. The van der Waals surface area contributed by atoms with Crippen LogP contribution in [0.15, 0.2) is 24.8 Å². The average Bonchev–Trinajstić information content (AvgIpc) is 3.15. The molecule has 3 aromatic heterocycles. The molecule has 0 unspecified atom stereocenters. The first-order valence-electron chi connectivity index (χ1n) is 8.26. The van der Waals surface area contributed by atoms with Crippen LogP contribution in [0.1, 0.15) is 24.5 Å². The van der Waals surface area contributed by atoms with Gasteiger partial charge in [-0.3, -0.25) is 0 Å². The van der Waals surface area contributed by atoms with E-state index in [1.54, 1.807) is 17.7 Å². The molecule has 5 nitrogen and oxygen atoms in total. The second-order valence-electron chi connectivity index (χ2n) is 6.10. The van der Waals surface area contributed by atoms with Crippen LogP contribution >= 0.6 is 11.3 Å². The molecule has 0 aromatic carbocycles. The summed E-state index contributed by atoms with van der Waals surface area (Å²) in [5, 5.41) is 1.21. The lowest BCUT2D eigenvalue weighted by Crippen LogP contribution is -2.49. The zero-order valence-electron chi connectivity index (χ0n) is 13.6. The molecule has 1 aliphatic rings. The molecule has 3 aromatic rings. The molecule has 0 bridgehead atoms. The molecule has 0 atom stereocenters. The van der Waals surface area contributed by atoms with Crippen molar-refractivity contribution in [3.8, 4) is 0 Å². The van der Waals surface area contributed by atoms with Gasteiger partial charge in [-0.15, -0.1) is 11.3 Å². The highest BCUT2D eigenvalue weighted by Crippen LogP contribution is 2.34. The first-order chi connectivity index (χ1) is 11.3. The third-order valence-electron chi connectivity index (χ3n) is 4.54.